The highest BCUT2D eigenvalue weighted by molar-refractivity contribution is 6.30. The van der Waals surface area contributed by atoms with Crippen molar-refractivity contribution in [3.63, 3.8) is 0 Å². The van der Waals surface area contributed by atoms with Gasteiger partial charge in [0.15, 0.2) is 0 Å². The Balaban J connectivity index is 1.62. The highest BCUT2D eigenvalue weighted by atomic mass is 35.5. The molecule has 4 rings (SSSR count). The summed E-state index contributed by atoms with van der Waals surface area (Å²) in [4.78, 5) is 18.1. The van der Waals surface area contributed by atoms with Gasteiger partial charge in [-0.05, 0) is 62.8 Å². The fourth-order valence-corrected chi connectivity index (χ4v) is 5.62. The first-order valence-corrected chi connectivity index (χ1v) is 12.5. The molecule has 1 N–H and O–H groups in total. The number of nitrogens with one attached hydrogen (secondary N) is 1. The number of nitrogens with zero attached hydrogens (tertiary/aromatic N) is 2. The van der Waals surface area contributed by atoms with Crippen molar-refractivity contribution in [2.24, 2.45) is 5.92 Å². The van der Waals surface area contributed by atoms with Crippen LogP contribution in [-0.2, 0) is 6.54 Å². The lowest BCUT2D eigenvalue weighted by molar-refractivity contribution is 0.0922. The molecule has 0 unspecified atom stereocenters. The Bertz CT molecular complexity index is 908. The Kier molecular flexibility index (Phi) is 7.37. The summed E-state index contributed by atoms with van der Waals surface area (Å²) in [5, 5.41) is 3.99. The highest BCUT2D eigenvalue weighted by Crippen LogP contribution is 2.31. The van der Waals surface area contributed by atoms with Gasteiger partial charge in [-0.2, -0.15) is 0 Å². The van der Waals surface area contributed by atoms with E-state index in [2.05, 4.69) is 23.7 Å². The molecule has 2 fully saturated rings. The van der Waals surface area contributed by atoms with Gasteiger partial charge in [-0.15, -0.1) is 0 Å². The molecule has 0 atom stereocenters. The quantitative estimate of drug-likeness (QED) is 0.532. The van der Waals surface area contributed by atoms with Crippen LogP contribution in [0.3, 0.4) is 0 Å². The largest absolute Gasteiger partial charge is 0.348 e. The number of aromatic nitrogens is 2. The summed E-state index contributed by atoms with van der Waals surface area (Å²) in [5.41, 5.74) is 3.72. The van der Waals surface area contributed by atoms with Crippen molar-refractivity contribution in [1.29, 1.82) is 0 Å². The van der Waals surface area contributed by atoms with E-state index >= 15 is 0 Å². The van der Waals surface area contributed by atoms with Gasteiger partial charge < -0.3 is 9.88 Å². The predicted octanol–water partition coefficient (Wildman–Crippen LogP) is 6.85. The van der Waals surface area contributed by atoms with Crippen LogP contribution in [0.25, 0.3) is 11.4 Å². The summed E-state index contributed by atoms with van der Waals surface area (Å²) in [6, 6.07) is 6.23. The van der Waals surface area contributed by atoms with Gasteiger partial charge in [-0.1, -0.05) is 63.0 Å². The second kappa shape index (κ2) is 10.2. The van der Waals surface area contributed by atoms with Gasteiger partial charge in [-0.25, -0.2) is 4.98 Å². The minimum absolute atomic E-state index is 0.0197. The molecule has 1 amide bonds. The summed E-state index contributed by atoms with van der Waals surface area (Å²) in [5.74, 6) is 1.67. The van der Waals surface area contributed by atoms with Crippen LogP contribution in [0.2, 0.25) is 5.02 Å². The standard InChI is InChI=1S/C26H36ClN3O/c1-18-17-21(27)13-14-23(18)25-29-24(26(31)28-22-11-7-4-8-12-22)19(2)30(25)16-15-20-9-5-3-6-10-20/h13-14,17,20,22H,3-12,15-16H2,1-2H3,(H,28,31). The summed E-state index contributed by atoms with van der Waals surface area (Å²) in [6.07, 6.45) is 13.7. The average molecular weight is 442 g/mol. The van der Waals surface area contributed by atoms with E-state index in [0.29, 0.717) is 5.69 Å². The SMILES string of the molecule is Cc1cc(Cl)ccc1-c1nc(C(=O)NC2CCCCC2)c(C)n1CCC1CCCCC1. The van der Waals surface area contributed by atoms with Gasteiger partial charge in [-0.3, -0.25) is 4.79 Å². The number of rotatable bonds is 6. The first kappa shape index (κ1) is 22.4. The molecule has 2 aromatic rings. The molecule has 2 saturated carbocycles. The molecule has 0 spiro atoms. The zero-order valence-electron chi connectivity index (χ0n) is 19.1. The van der Waals surface area contributed by atoms with Crippen molar-refractivity contribution in [3.8, 4) is 11.4 Å². The second-order valence-electron chi connectivity index (χ2n) is 9.58. The van der Waals surface area contributed by atoms with E-state index < -0.39 is 0 Å². The van der Waals surface area contributed by atoms with E-state index in [9.17, 15) is 4.79 Å². The van der Waals surface area contributed by atoms with E-state index in [1.165, 1.54) is 51.4 Å². The summed E-state index contributed by atoms with van der Waals surface area (Å²) >= 11 is 6.21. The molecule has 4 nitrogen and oxygen atoms in total. The van der Waals surface area contributed by atoms with Crippen LogP contribution in [-0.4, -0.2) is 21.5 Å². The Morgan fingerprint density at radius 3 is 2.42 bits per heavy atom. The van der Waals surface area contributed by atoms with Crippen LogP contribution < -0.4 is 5.32 Å². The lowest BCUT2D eigenvalue weighted by Gasteiger charge is -2.23. The van der Waals surface area contributed by atoms with Crippen molar-refractivity contribution < 1.29 is 4.79 Å². The molecule has 0 radical (unpaired) electrons. The van der Waals surface area contributed by atoms with Crippen LogP contribution in [0.1, 0.15) is 92.4 Å². The lowest BCUT2D eigenvalue weighted by atomic mass is 9.87. The van der Waals surface area contributed by atoms with Crippen molar-refractivity contribution in [2.75, 3.05) is 0 Å². The smallest absolute Gasteiger partial charge is 0.271 e. The van der Waals surface area contributed by atoms with E-state index in [0.717, 1.165) is 59.4 Å². The number of hydrogen-bond donors (Lipinski definition) is 1. The third kappa shape index (κ3) is 5.34. The molecule has 0 saturated heterocycles. The number of amides is 1. The fourth-order valence-electron chi connectivity index (χ4n) is 5.39. The molecule has 1 aromatic heterocycles. The molecule has 0 aliphatic heterocycles. The van der Waals surface area contributed by atoms with E-state index in [4.69, 9.17) is 16.6 Å². The van der Waals surface area contributed by atoms with Crippen LogP contribution >= 0.6 is 11.6 Å². The maximum absolute atomic E-state index is 13.2. The van der Waals surface area contributed by atoms with Crippen molar-refractivity contribution in [1.82, 2.24) is 14.9 Å². The molecule has 2 aliphatic carbocycles. The normalized spacial score (nSPS) is 18.3. The van der Waals surface area contributed by atoms with Crippen molar-refractivity contribution in [2.45, 2.75) is 97.1 Å². The van der Waals surface area contributed by atoms with Gasteiger partial charge in [0.2, 0.25) is 0 Å². The first-order valence-electron chi connectivity index (χ1n) is 12.2. The molecule has 1 heterocycles. The number of carbonyl (C=O) groups is 1. The summed E-state index contributed by atoms with van der Waals surface area (Å²) in [6.45, 7) is 5.04. The number of hydrogen-bond acceptors (Lipinski definition) is 2. The number of aryl methyl sites for hydroxylation is 1. The monoisotopic (exact) mass is 441 g/mol. The third-order valence-corrected chi connectivity index (χ3v) is 7.53. The molecule has 0 bridgehead atoms. The minimum atomic E-state index is -0.0197. The van der Waals surface area contributed by atoms with Gasteiger partial charge in [0.25, 0.3) is 5.91 Å². The molecule has 5 heteroatoms. The van der Waals surface area contributed by atoms with E-state index in [-0.39, 0.29) is 11.9 Å². The lowest BCUT2D eigenvalue weighted by Crippen LogP contribution is -2.36. The number of benzene rings is 1. The Labute approximate surface area is 191 Å². The van der Waals surface area contributed by atoms with Crippen molar-refractivity contribution >= 4 is 17.5 Å². The zero-order chi connectivity index (χ0) is 21.8. The zero-order valence-corrected chi connectivity index (χ0v) is 19.8. The highest BCUT2D eigenvalue weighted by Gasteiger charge is 2.25. The average Bonchev–Trinajstić information content (AvgIpc) is 3.10. The number of carbonyl (C=O) groups excluding carboxylic acids is 1. The first-order chi connectivity index (χ1) is 15.0. The Morgan fingerprint density at radius 1 is 1.06 bits per heavy atom. The summed E-state index contributed by atoms with van der Waals surface area (Å²) < 4.78 is 2.28. The predicted molar refractivity (Wildman–Crippen MR) is 128 cm³/mol. The van der Waals surface area contributed by atoms with E-state index in [1.807, 2.05) is 18.2 Å². The van der Waals surface area contributed by atoms with Crippen molar-refractivity contribution in [3.05, 3.63) is 40.2 Å². The maximum atomic E-state index is 13.2. The number of imidazole rings is 1. The minimum Gasteiger partial charge on any atom is -0.348 e. The van der Waals surface area contributed by atoms with Crippen LogP contribution in [0, 0.1) is 19.8 Å². The third-order valence-electron chi connectivity index (χ3n) is 7.29. The molecule has 2 aliphatic rings. The van der Waals surface area contributed by atoms with E-state index in [1.54, 1.807) is 0 Å². The maximum Gasteiger partial charge on any atom is 0.271 e. The molecule has 1 aromatic carbocycles. The van der Waals surface area contributed by atoms with Crippen LogP contribution in [0.4, 0.5) is 0 Å². The molecular weight excluding hydrogens is 406 g/mol. The molecule has 31 heavy (non-hydrogen) atoms. The summed E-state index contributed by atoms with van der Waals surface area (Å²) in [7, 11) is 0. The van der Waals surface area contributed by atoms with Gasteiger partial charge >= 0.3 is 0 Å². The Hall–Kier alpha value is -1.81. The second-order valence-corrected chi connectivity index (χ2v) is 10.0. The molecular formula is C26H36ClN3O. The molecule has 168 valence electrons. The van der Waals surface area contributed by atoms with Crippen LogP contribution in [0.15, 0.2) is 18.2 Å². The number of halogens is 1. The fraction of sp³-hybridized carbons (Fsp3) is 0.615. The van der Waals surface area contributed by atoms with Gasteiger partial charge in [0.05, 0.1) is 0 Å². The Morgan fingerprint density at radius 2 is 1.74 bits per heavy atom. The van der Waals surface area contributed by atoms with Gasteiger partial charge in [0.1, 0.15) is 11.5 Å². The topological polar surface area (TPSA) is 46.9 Å². The van der Waals surface area contributed by atoms with Gasteiger partial charge in [0, 0.05) is 28.9 Å². The van der Waals surface area contributed by atoms with Crippen LogP contribution in [0.5, 0.6) is 0 Å².